The second-order valence-corrected chi connectivity index (χ2v) is 5.65. The van der Waals surface area contributed by atoms with E-state index in [2.05, 4.69) is 13.8 Å². The maximum atomic E-state index is 10.4. The van der Waals surface area contributed by atoms with Gasteiger partial charge in [0.15, 0.2) is 0 Å². The molecule has 92 valence electrons. The Labute approximate surface area is 91.8 Å². The lowest BCUT2D eigenvalue weighted by molar-refractivity contribution is 0.103. The molecule has 0 aromatic rings. The van der Waals surface area contributed by atoms with E-state index in [0.29, 0.717) is 18.9 Å². The third kappa shape index (κ3) is 10.1. The van der Waals surface area contributed by atoms with Crippen LogP contribution in [0, 0.1) is 5.92 Å². The predicted octanol–water partition coefficient (Wildman–Crippen LogP) is 0.562. The monoisotopic (exact) mass is 239 g/mol. The first-order valence-corrected chi connectivity index (χ1v) is 6.74. The standard InChI is InChI=1S/C9H21NO4S/c1-9(2)4-6-10(8-11)5-3-7-15(12,13)14/h9,11H,3-8H2,1-2H3,(H,12,13,14). The Hall–Kier alpha value is -0.170. The van der Waals surface area contributed by atoms with Crippen molar-refractivity contribution in [3.63, 3.8) is 0 Å². The third-order valence-electron chi connectivity index (χ3n) is 2.10. The average Bonchev–Trinajstić information content (AvgIpc) is 2.08. The lowest BCUT2D eigenvalue weighted by Gasteiger charge is -2.19. The zero-order valence-electron chi connectivity index (χ0n) is 9.39. The molecule has 6 heteroatoms. The molecule has 0 aliphatic rings. The topological polar surface area (TPSA) is 77.8 Å². The molecule has 15 heavy (non-hydrogen) atoms. The predicted molar refractivity (Wildman–Crippen MR) is 59.1 cm³/mol. The largest absolute Gasteiger partial charge is 0.381 e. The molecule has 0 aliphatic carbocycles. The van der Waals surface area contributed by atoms with Crippen molar-refractivity contribution in [3.05, 3.63) is 0 Å². The van der Waals surface area contributed by atoms with Crippen LogP contribution >= 0.6 is 0 Å². The molecule has 0 aromatic heterocycles. The first-order valence-electron chi connectivity index (χ1n) is 5.13. The number of aliphatic hydroxyl groups excluding tert-OH is 1. The quantitative estimate of drug-likeness (QED) is 0.478. The Morgan fingerprint density at radius 2 is 1.87 bits per heavy atom. The molecular weight excluding hydrogens is 218 g/mol. The lowest BCUT2D eigenvalue weighted by Crippen LogP contribution is -2.29. The van der Waals surface area contributed by atoms with Gasteiger partial charge in [0.2, 0.25) is 0 Å². The van der Waals surface area contributed by atoms with E-state index in [-0.39, 0.29) is 12.5 Å². The van der Waals surface area contributed by atoms with E-state index in [4.69, 9.17) is 9.66 Å². The fourth-order valence-electron chi connectivity index (χ4n) is 1.16. The molecule has 0 saturated carbocycles. The van der Waals surface area contributed by atoms with Crippen molar-refractivity contribution in [1.82, 2.24) is 4.90 Å². The van der Waals surface area contributed by atoms with Gasteiger partial charge in [0.25, 0.3) is 10.1 Å². The Bertz CT molecular complexity index is 251. The SMILES string of the molecule is CC(C)CCN(CO)CCCS(=O)(=O)O. The highest BCUT2D eigenvalue weighted by atomic mass is 32.2. The van der Waals surface area contributed by atoms with E-state index in [1.165, 1.54) is 0 Å². The molecule has 0 saturated heterocycles. The smallest absolute Gasteiger partial charge is 0.264 e. The number of aliphatic hydroxyl groups is 1. The molecule has 0 bridgehead atoms. The molecule has 0 aromatic carbocycles. The Balaban J connectivity index is 3.71. The van der Waals surface area contributed by atoms with Crippen LogP contribution in [0.25, 0.3) is 0 Å². The summed E-state index contributed by atoms with van der Waals surface area (Å²) < 4.78 is 29.4. The van der Waals surface area contributed by atoms with Gasteiger partial charge in [0.05, 0.1) is 12.5 Å². The molecule has 0 rings (SSSR count). The van der Waals surface area contributed by atoms with Gasteiger partial charge in [-0.3, -0.25) is 9.45 Å². The Morgan fingerprint density at radius 3 is 2.27 bits per heavy atom. The first kappa shape index (κ1) is 14.8. The van der Waals surface area contributed by atoms with Crippen LogP contribution < -0.4 is 0 Å². The lowest BCUT2D eigenvalue weighted by atomic mass is 10.1. The van der Waals surface area contributed by atoms with E-state index < -0.39 is 10.1 Å². The van der Waals surface area contributed by atoms with Crippen LogP contribution in [0.4, 0.5) is 0 Å². The molecule has 0 aliphatic heterocycles. The van der Waals surface area contributed by atoms with Gasteiger partial charge in [-0.05, 0) is 18.8 Å². The number of hydrogen-bond donors (Lipinski definition) is 2. The van der Waals surface area contributed by atoms with E-state index >= 15 is 0 Å². The number of nitrogens with zero attached hydrogens (tertiary/aromatic N) is 1. The van der Waals surface area contributed by atoms with Crippen LogP contribution in [0.3, 0.4) is 0 Å². The summed E-state index contributed by atoms with van der Waals surface area (Å²) in [7, 11) is -3.87. The van der Waals surface area contributed by atoms with Gasteiger partial charge < -0.3 is 5.11 Å². The summed E-state index contributed by atoms with van der Waals surface area (Å²) in [5.41, 5.74) is 0. The van der Waals surface area contributed by atoms with Crippen molar-refractivity contribution in [3.8, 4) is 0 Å². The van der Waals surface area contributed by atoms with Gasteiger partial charge in [-0.25, -0.2) is 0 Å². The highest BCUT2D eigenvalue weighted by Crippen LogP contribution is 2.02. The van der Waals surface area contributed by atoms with Crippen LogP contribution in [0.15, 0.2) is 0 Å². The van der Waals surface area contributed by atoms with Crippen LogP contribution in [-0.2, 0) is 10.1 Å². The van der Waals surface area contributed by atoms with Crippen molar-refractivity contribution in [1.29, 1.82) is 0 Å². The van der Waals surface area contributed by atoms with E-state index in [1.54, 1.807) is 4.90 Å². The third-order valence-corrected chi connectivity index (χ3v) is 2.90. The minimum Gasteiger partial charge on any atom is -0.381 e. The molecule has 0 unspecified atom stereocenters. The number of hydrogen-bond acceptors (Lipinski definition) is 4. The summed E-state index contributed by atoms with van der Waals surface area (Å²) in [6.07, 6.45) is 1.31. The average molecular weight is 239 g/mol. The van der Waals surface area contributed by atoms with Crippen molar-refractivity contribution < 1.29 is 18.1 Å². The first-order chi connectivity index (χ1) is 6.85. The molecule has 2 N–H and O–H groups in total. The maximum absolute atomic E-state index is 10.4. The Kier molecular flexibility index (Phi) is 7.08. The normalized spacial score (nSPS) is 12.7. The molecule has 0 amide bonds. The molecular formula is C9H21NO4S. The minimum absolute atomic E-state index is 0.0712. The summed E-state index contributed by atoms with van der Waals surface area (Å²) in [4.78, 5) is 1.77. The highest BCUT2D eigenvalue weighted by Gasteiger charge is 2.08. The number of rotatable bonds is 8. The summed E-state index contributed by atoms with van der Waals surface area (Å²) in [6.45, 7) is 5.35. The van der Waals surface area contributed by atoms with Crippen molar-refractivity contribution in [2.24, 2.45) is 5.92 Å². The fraction of sp³-hybridized carbons (Fsp3) is 1.00. The second kappa shape index (κ2) is 7.16. The maximum Gasteiger partial charge on any atom is 0.264 e. The van der Waals surface area contributed by atoms with Crippen LogP contribution in [0.5, 0.6) is 0 Å². The summed E-state index contributed by atoms with van der Waals surface area (Å²) in [5.74, 6) is 0.311. The molecule has 0 atom stereocenters. The van der Waals surface area contributed by atoms with Crippen molar-refractivity contribution in [2.45, 2.75) is 26.7 Å². The summed E-state index contributed by atoms with van der Waals surface area (Å²) >= 11 is 0. The molecule has 0 radical (unpaired) electrons. The highest BCUT2D eigenvalue weighted by molar-refractivity contribution is 7.85. The van der Waals surface area contributed by atoms with Gasteiger partial charge in [0.1, 0.15) is 0 Å². The van der Waals surface area contributed by atoms with E-state index in [0.717, 1.165) is 13.0 Å². The van der Waals surface area contributed by atoms with Gasteiger partial charge in [-0.2, -0.15) is 8.42 Å². The van der Waals surface area contributed by atoms with Crippen LogP contribution in [-0.4, -0.2) is 48.6 Å². The minimum atomic E-state index is -3.87. The van der Waals surface area contributed by atoms with Crippen LogP contribution in [0.1, 0.15) is 26.7 Å². The van der Waals surface area contributed by atoms with Gasteiger partial charge in [-0.1, -0.05) is 13.8 Å². The molecule has 0 fully saturated rings. The van der Waals surface area contributed by atoms with Crippen molar-refractivity contribution in [2.75, 3.05) is 25.6 Å². The zero-order chi connectivity index (χ0) is 11.9. The molecule has 0 spiro atoms. The molecule has 5 nitrogen and oxygen atoms in total. The summed E-state index contributed by atoms with van der Waals surface area (Å²) in [6, 6.07) is 0. The van der Waals surface area contributed by atoms with Crippen molar-refractivity contribution >= 4 is 10.1 Å². The zero-order valence-corrected chi connectivity index (χ0v) is 10.2. The Morgan fingerprint density at radius 1 is 1.27 bits per heavy atom. The van der Waals surface area contributed by atoms with Gasteiger partial charge in [-0.15, -0.1) is 0 Å². The fourth-order valence-corrected chi connectivity index (χ4v) is 1.66. The molecule has 0 heterocycles. The van der Waals surface area contributed by atoms with Gasteiger partial charge in [0, 0.05) is 13.1 Å². The van der Waals surface area contributed by atoms with E-state index in [1.807, 2.05) is 0 Å². The summed E-state index contributed by atoms with van der Waals surface area (Å²) in [5, 5.41) is 8.98. The van der Waals surface area contributed by atoms with Crippen LogP contribution in [0.2, 0.25) is 0 Å². The second-order valence-electron chi connectivity index (χ2n) is 4.08. The van der Waals surface area contributed by atoms with E-state index in [9.17, 15) is 8.42 Å². The van der Waals surface area contributed by atoms with Gasteiger partial charge >= 0.3 is 0 Å².